The molecule has 1 N–H and O–H groups in total. The number of benzene rings is 1. The minimum atomic E-state index is 0.359. The van der Waals surface area contributed by atoms with Gasteiger partial charge in [0, 0.05) is 7.05 Å². The Kier molecular flexibility index (Phi) is 5.07. The fourth-order valence-corrected chi connectivity index (χ4v) is 2.27. The van der Waals surface area contributed by atoms with Gasteiger partial charge in [-0.25, -0.2) is 4.98 Å². The molecule has 4 heteroatoms. The summed E-state index contributed by atoms with van der Waals surface area (Å²) in [7, 11) is 1.83. The molecule has 0 unspecified atom stereocenters. The summed E-state index contributed by atoms with van der Waals surface area (Å²) in [6.45, 7) is 6.73. The normalized spacial score (nSPS) is 10.8. The molecule has 1 aromatic heterocycles. The minimum absolute atomic E-state index is 0.359. The van der Waals surface area contributed by atoms with E-state index in [2.05, 4.69) is 49.3 Å². The lowest BCUT2D eigenvalue weighted by atomic mass is 10.0. The van der Waals surface area contributed by atoms with Gasteiger partial charge in [0.25, 0.3) is 0 Å². The van der Waals surface area contributed by atoms with Gasteiger partial charge in [-0.2, -0.15) is 0 Å². The first kappa shape index (κ1) is 15.6. The van der Waals surface area contributed by atoms with Gasteiger partial charge in [-0.3, -0.25) is 0 Å². The average Bonchev–Trinajstić information content (AvgIpc) is 2.46. The van der Waals surface area contributed by atoms with Gasteiger partial charge < -0.3 is 10.1 Å². The first-order chi connectivity index (χ1) is 10.0. The predicted octanol–water partition coefficient (Wildman–Crippen LogP) is 4.79. The maximum atomic E-state index is 6.18. The zero-order valence-electron chi connectivity index (χ0n) is 12.9. The molecule has 0 aliphatic rings. The lowest BCUT2D eigenvalue weighted by Crippen LogP contribution is -2.04. The molecule has 0 atom stereocenters. The Hall–Kier alpha value is -1.74. The SMILES string of the molecule is CNc1ccc(Cl)c(COc2cc(C)ccc2C(C)C)n1. The third kappa shape index (κ3) is 3.88. The summed E-state index contributed by atoms with van der Waals surface area (Å²) in [6, 6.07) is 9.96. The summed E-state index contributed by atoms with van der Waals surface area (Å²) < 4.78 is 5.97. The fraction of sp³-hybridized carbons (Fsp3) is 0.353. The van der Waals surface area contributed by atoms with Crippen molar-refractivity contribution >= 4 is 17.4 Å². The van der Waals surface area contributed by atoms with Crippen LogP contribution < -0.4 is 10.1 Å². The van der Waals surface area contributed by atoms with E-state index in [1.807, 2.05) is 19.2 Å². The Morgan fingerprint density at radius 3 is 2.67 bits per heavy atom. The van der Waals surface area contributed by atoms with E-state index in [9.17, 15) is 0 Å². The van der Waals surface area contributed by atoms with Crippen LogP contribution in [0.25, 0.3) is 0 Å². The Morgan fingerprint density at radius 2 is 2.00 bits per heavy atom. The molecule has 1 aromatic carbocycles. The number of halogens is 1. The van der Waals surface area contributed by atoms with Gasteiger partial charge >= 0.3 is 0 Å². The van der Waals surface area contributed by atoms with Crippen molar-refractivity contribution < 1.29 is 4.74 Å². The quantitative estimate of drug-likeness (QED) is 0.862. The predicted molar refractivity (Wildman–Crippen MR) is 88.4 cm³/mol. The molecular weight excluding hydrogens is 284 g/mol. The second-order valence-electron chi connectivity index (χ2n) is 5.36. The molecule has 0 saturated carbocycles. The highest BCUT2D eigenvalue weighted by Crippen LogP contribution is 2.28. The van der Waals surface area contributed by atoms with Gasteiger partial charge in [0.2, 0.25) is 0 Å². The van der Waals surface area contributed by atoms with Gasteiger partial charge in [-0.15, -0.1) is 0 Å². The summed E-state index contributed by atoms with van der Waals surface area (Å²) in [5.74, 6) is 2.09. The standard InChI is InChI=1S/C17H21ClN2O/c1-11(2)13-6-5-12(3)9-16(13)21-10-15-14(18)7-8-17(19-4)20-15/h5-9,11H,10H2,1-4H3,(H,19,20). The first-order valence-corrected chi connectivity index (χ1v) is 7.45. The molecule has 0 aliphatic heterocycles. The number of hydrogen-bond donors (Lipinski definition) is 1. The van der Waals surface area contributed by atoms with Gasteiger partial charge in [0.15, 0.2) is 0 Å². The summed E-state index contributed by atoms with van der Waals surface area (Å²) in [6.07, 6.45) is 0. The van der Waals surface area contributed by atoms with Gasteiger partial charge in [0.05, 0.1) is 10.7 Å². The van der Waals surface area contributed by atoms with Crippen LogP contribution in [0.3, 0.4) is 0 Å². The van der Waals surface area contributed by atoms with Crippen LogP contribution in [-0.4, -0.2) is 12.0 Å². The molecule has 2 aromatic rings. The number of pyridine rings is 1. The monoisotopic (exact) mass is 304 g/mol. The van der Waals surface area contributed by atoms with E-state index in [1.54, 1.807) is 0 Å². The van der Waals surface area contributed by atoms with E-state index in [0.29, 0.717) is 17.5 Å². The van der Waals surface area contributed by atoms with Crippen molar-refractivity contribution in [2.24, 2.45) is 0 Å². The molecule has 0 amide bonds. The molecule has 0 aliphatic carbocycles. The van der Waals surface area contributed by atoms with Crippen LogP contribution >= 0.6 is 11.6 Å². The number of rotatable bonds is 5. The molecular formula is C17H21ClN2O. The smallest absolute Gasteiger partial charge is 0.132 e. The highest BCUT2D eigenvalue weighted by atomic mass is 35.5. The van der Waals surface area contributed by atoms with Crippen LogP contribution in [0.2, 0.25) is 5.02 Å². The van der Waals surface area contributed by atoms with Crippen LogP contribution in [-0.2, 0) is 6.61 Å². The highest BCUT2D eigenvalue weighted by molar-refractivity contribution is 6.31. The maximum absolute atomic E-state index is 6.18. The minimum Gasteiger partial charge on any atom is -0.487 e. The highest BCUT2D eigenvalue weighted by Gasteiger charge is 2.10. The Labute approximate surface area is 131 Å². The molecule has 0 bridgehead atoms. The van der Waals surface area contributed by atoms with Crippen LogP contribution in [0.5, 0.6) is 5.75 Å². The molecule has 21 heavy (non-hydrogen) atoms. The third-order valence-electron chi connectivity index (χ3n) is 3.33. The molecule has 0 saturated heterocycles. The maximum Gasteiger partial charge on any atom is 0.132 e. The number of anilines is 1. The molecule has 0 spiro atoms. The van der Waals surface area contributed by atoms with E-state index in [-0.39, 0.29) is 0 Å². The average molecular weight is 305 g/mol. The zero-order valence-corrected chi connectivity index (χ0v) is 13.7. The van der Waals surface area contributed by atoms with E-state index in [4.69, 9.17) is 16.3 Å². The summed E-state index contributed by atoms with van der Waals surface area (Å²) in [5, 5.41) is 3.62. The summed E-state index contributed by atoms with van der Waals surface area (Å²) >= 11 is 6.18. The lowest BCUT2D eigenvalue weighted by molar-refractivity contribution is 0.297. The van der Waals surface area contributed by atoms with Crippen molar-refractivity contribution in [3.8, 4) is 5.75 Å². The molecule has 0 fully saturated rings. The van der Waals surface area contributed by atoms with Crippen molar-refractivity contribution in [3.63, 3.8) is 0 Å². The van der Waals surface area contributed by atoms with Crippen molar-refractivity contribution in [2.75, 3.05) is 12.4 Å². The van der Waals surface area contributed by atoms with Gasteiger partial charge in [0.1, 0.15) is 18.2 Å². The number of aromatic nitrogens is 1. The first-order valence-electron chi connectivity index (χ1n) is 7.07. The van der Waals surface area contributed by atoms with Crippen molar-refractivity contribution in [2.45, 2.75) is 33.3 Å². The molecule has 3 nitrogen and oxygen atoms in total. The van der Waals surface area contributed by atoms with E-state index in [1.165, 1.54) is 11.1 Å². The van der Waals surface area contributed by atoms with E-state index in [0.717, 1.165) is 17.3 Å². The molecule has 0 radical (unpaired) electrons. The number of aryl methyl sites for hydroxylation is 1. The van der Waals surface area contributed by atoms with Crippen LogP contribution in [0.1, 0.15) is 36.6 Å². The van der Waals surface area contributed by atoms with Crippen molar-refractivity contribution in [3.05, 3.63) is 52.2 Å². The van der Waals surface area contributed by atoms with Gasteiger partial charge in [-0.05, 0) is 42.2 Å². The van der Waals surface area contributed by atoms with Crippen molar-refractivity contribution in [1.29, 1.82) is 0 Å². The number of nitrogens with zero attached hydrogens (tertiary/aromatic N) is 1. The van der Waals surface area contributed by atoms with Crippen LogP contribution in [0.15, 0.2) is 30.3 Å². The zero-order chi connectivity index (χ0) is 15.4. The van der Waals surface area contributed by atoms with Crippen LogP contribution in [0, 0.1) is 6.92 Å². The van der Waals surface area contributed by atoms with Crippen LogP contribution in [0.4, 0.5) is 5.82 Å². The third-order valence-corrected chi connectivity index (χ3v) is 3.67. The van der Waals surface area contributed by atoms with Gasteiger partial charge in [-0.1, -0.05) is 37.6 Å². The second-order valence-corrected chi connectivity index (χ2v) is 5.77. The molecule has 1 heterocycles. The molecule has 2 rings (SSSR count). The largest absolute Gasteiger partial charge is 0.487 e. The lowest BCUT2D eigenvalue weighted by Gasteiger charge is -2.15. The Bertz CT molecular complexity index is 626. The van der Waals surface area contributed by atoms with E-state index < -0.39 is 0 Å². The fourth-order valence-electron chi connectivity index (χ4n) is 2.11. The Balaban J connectivity index is 2.22. The number of ether oxygens (including phenoxy) is 1. The molecule has 112 valence electrons. The van der Waals surface area contributed by atoms with Crippen molar-refractivity contribution in [1.82, 2.24) is 4.98 Å². The topological polar surface area (TPSA) is 34.1 Å². The van der Waals surface area contributed by atoms with E-state index >= 15 is 0 Å². The number of nitrogens with one attached hydrogen (secondary N) is 1. The number of hydrogen-bond acceptors (Lipinski definition) is 3. The Morgan fingerprint density at radius 1 is 1.24 bits per heavy atom. The summed E-state index contributed by atoms with van der Waals surface area (Å²) in [5.41, 5.74) is 3.11. The second kappa shape index (κ2) is 6.81. The summed E-state index contributed by atoms with van der Waals surface area (Å²) in [4.78, 5) is 4.43.